The van der Waals surface area contributed by atoms with E-state index >= 15 is 0 Å². The Morgan fingerprint density at radius 2 is 1.74 bits per heavy atom. The highest BCUT2D eigenvalue weighted by atomic mass is 32.1. The topological polar surface area (TPSA) is 39.4 Å². The van der Waals surface area contributed by atoms with Gasteiger partial charge in [0, 0.05) is 11.3 Å². The van der Waals surface area contributed by atoms with Crippen molar-refractivity contribution >= 4 is 23.2 Å². The number of ether oxygens (including phenoxy) is 1. The van der Waals surface area contributed by atoms with Crippen LogP contribution < -0.4 is 4.74 Å². The molecule has 0 aliphatic carbocycles. The van der Waals surface area contributed by atoms with Crippen LogP contribution in [-0.2, 0) is 19.4 Å². The average molecular weight is 429 g/mol. The Hall–Kier alpha value is -3.37. The number of furan rings is 1. The second kappa shape index (κ2) is 10.1. The molecular weight excluding hydrogens is 404 g/mol. The lowest BCUT2D eigenvalue weighted by molar-refractivity contribution is 0.105. The molecule has 0 spiro atoms. The van der Waals surface area contributed by atoms with E-state index in [-0.39, 0.29) is 5.78 Å². The summed E-state index contributed by atoms with van der Waals surface area (Å²) in [6.45, 7) is 2.47. The molecule has 156 valence electrons. The number of benzene rings is 2. The maximum Gasteiger partial charge on any atom is 0.195 e. The molecule has 0 fully saturated rings. The van der Waals surface area contributed by atoms with Gasteiger partial charge in [0.25, 0.3) is 0 Å². The summed E-state index contributed by atoms with van der Waals surface area (Å²) in [4.78, 5) is 14.4. The molecule has 4 heteroatoms. The van der Waals surface area contributed by atoms with E-state index in [4.69, 9.17) is 9.15 Å². The highest BCUT2D eigenvalue weighted by molar-refractivity contribution is 7.14. The fraction of sp³-hybridized carbons (Fsp3) is 0.148. The third-order valence-corrected chi connectivity index (χ3v) is 6.02. The van der Waals surface area contributed by atoms with Crippen LogP contribution in [0, 0.1) is 0 Å². The Morgan fingerprint density at radius 1 is 0.935 bits per heavy atom. The van der Waals surface area contributed by atoms with Crippen molar-refractivity contribution in [1.29, 1.82) is 0 Å². The summed E-state index contributed by atoms with van der Waals surface area (Å²) in [5.41, 5.74) is 2.52. The Kier molecular flexibility index (Phi) is 6.80. The summed E-state index contributed by atoms with van der Waals surface area (Å²) in [5, 5.41) is 0. The first-order chi connectivity index (χ1) is 15.2. The van der Waals surface area contributed by atoms with Gasteiger partial charge in [0.2, 0.25) is 0 Å². The van der Waals surface area contributed by atoms with Gasteiger partial charge in [-0.3, -0.25) is 4.79 Å². The second-order valence-electron chi connectivity index (χ2n) is 7.22. The van der Waals surface area contributed by atoms with Crippen LogP contribution in [0.25, 0.3) is 6.08 Å². The molecular formula is C27H24O3S. The monoisotopic (exact) mass is 428 g/mol. The van der Waals surface area contributed by atoms with Crippen LogP contribution in [0.2, 0.25) is 0 Å². The van der Waals surface area contributed by atoms with E-state index in [1.54, 1.807) is 12.2 Å². The molecule has 4 aromatic rings. The van der Waals surface area contributed by atoms with Crippen molar-refractivity contribution in [2.45, 2.75) is 26.4 Å². The molecule has 4 rings (SSSR count). The number of carbonyl (C=O) groups excluding carboxylic acids is 1. The van der Waals surface area contributed by atoms with E-state index in [9.17, 15) is 4.79 Å². The minimum absolute atomic E-state index is 0.0190. The molecule has 0 unspecified atom stereocenters. The maximum atomic E-state index is 12.5. The lowest BCUT2D eigenvalue weighted by atomic mass is 10.1. The average Bonchev–Trinajstić information content (AvgIpc) is 3.47. The summed E-state index contributed by atoms with van der Waals surface area (Å²) in [6.07, 6.45) is 5.11. The zero-order valence-electron chi connectivity index (χ0n) is 17.4. The van der Waals surface area contributed by atoms with E-state index < -0.39 is 0 Å². The molecule has 0 N–H and O–H groups in total. The molecule has 0 saturated heterocycles. The molecule has 2 aromatic heterocycles. The van der Waals surface area contributed by atoms with Crippen molar-refractivity contribution in [2.24, 2.45) is 0 Å². The number of ketones is 1. The molecule has 0 atom stereocenters. The van der Waals surface area contributed by atoms with Crippen molar-refractivity contribution in [3.05, 3.63) is 117 Å². The summed E-state index contributed by atoms with van der Waals surface area (Å²) in [7, 11) is 0. The van der Waals surface area contributed by atoms with Gasteiger partial charge < -0.3 is 9.15 Å². The number of allylic oxidation sites excluding steroid dienone is 1. The first-order valence-corrected chi connectivity index (χ1v) is 11.2. The largest absolute Gasteiger partial charge is 0.486 e. The van der Waals surface area contributed by atoms with Crippen LogP contribution in [-0.4, -0.2) is 5.78 Å². The molecule has 0 amide bonds. The first kappa shape index (κ1) is 20.9. The van der Waals surface area contributed by atoms with Crippen molar-refractivity contribution in [2.75, 3.05) is 0 Å². The van der Waals surface area contributed by atoms with E-state index in [2.05, 4.69) is 31.2 Å². The zero-order chi connectivity index (χ0) is 21.5. The lowest BCUT2D eigenvalue weighted by Crippen LogP contribution is -1.93. The molecule has 0 bridgehead atoms. The Morgan fingerprint density at radius 3 is 2.52 bits per heavy atom. The molecule has 2 heterocycles. The van der Waals surface area contributed by atoms with Crippen molar-refractivity contribution in [3.63, 3.8) is 0 Å². The fourth-order valence-electron chi connectivity index (χ4n) is 3.18. The van der Waals surface area contributed by atoms with E-state index in [1.165, 1.54) is 27.3 Å². The Bertz CT molecular complexity index is 1150. The van der Waals surface area contributed by atoms with E-state index in [0.29, 0.717) is 18.1 Å². The van der Waals surface area contributed by atoms with Gasteiger partial charge in [0.05, 0.1) is 4.88 Å². The standard InChI is InChI=1S/C27H24O3S/c1-2-20-8-10-22(11-9-20)29-19-24-13-12-23(30-24)14-16-26(28)27-17-15-25(31-27)18-21-6-4-3-5-7-21/h3-17H,2,18-19H2,1H3/b16-14+. The number of hydrogen-bond donors (Lipinski definition) is 0. The fourth-order valence-corrected chi connectivity index (χ4v) is 4.14. The molecule has 2 aromatic carbocycles. The van der Waals surface area contributed by atoms with Crippen LogP contribution in [0.3, 0.4) is 0 Å². The number of aryl methyl sites for hydroxylation is 1. The zero-order valence-corrected chi connectivity index (χ0v) is 18.2. The SMILES string of the molecule is CCc1ccc(OCc2ccc(/C=C/C(=O)c3ccc(Cc4ccccc4)s3)o2)cc1. The van der Waals surface area contributed by atoms with Crippen LogP contribution in [0.15, 0.2) is 89.4 Å². The van der Waals surface area contributed by atoms with E-state index in [1.807, 2.05) is 54.6 Å². The third-order valence-electron chi connectivity index (χ3n) is 4.92. The van der Waals surface area contributed by atoms with Crippen molar-refractivity contribution < 1.29 is 13.9 Å². The van der Waals surface area contributed by atoms with E-state index in [0.717, 1.165) is 23.5 Å². The van der Waals surface area contributed by atoms with Gasteiger partial charge >= 0.3 is 0 Å². The number of carbonyl (C=O) groups is 1. The summed E-state index contributed by atoms with van der Waals surface area (Å²) in [6, 6.07) is 25.9. The normalized spacial score (nSPS) is 11.1. The van der Waals surface area contributed by atoms with Gasteiger partial charge in [-0.15, -0.1) is 11.3 Å². The quantitative estimate of drug-likeness (QED) is 0.213. The van der Waals surface area contributed by atoms with Gasteiger partial charge in [-0.25, -0.2) is 0 Å². The molecule has 0 aliphatic rings. The van der Waals surface area contributed by atoms with Crippen LogP contribution in [0.5, 0.6) is 5.75 Å². The maximum absolute atomic E-state index is 12.5. The summed E-state index contributed by atoms with van der Waals surface area (Å²) < 4.78 is 11.5. The number of thiophene rings is 1. The molecule has 0 aliphatic heterocycles. The van der Waals surface area contributed by atoms with Gasteiger partial charge in [0.1, 0.15) is 23.9 Å². The predicted octanol–water partition coefficient (Wildman–Crippen LogP) is 6.97. The van der Waals surface area contributed by atoms with Crippen LogP contribution in [0.4, 0.5) is 0 Å². The van der Waals surface area contributed by atoms with Gasteiger partial charge in [-0.2, -0.15) is 0 Å². The lowest BCUT2D eigenvalue weighted by Gasteiger charge is -2.04. The number of rotatable bonds is 9. The molecule has 3 nitrogen and oxygen atoms in total. The van der Waals surface area contributed by atoms with Crippen molar-refractivity contribution in [3.8, 4) is 5.75 Å². The minimum atomic E-state index is -0.0190. The summed E-state index contributed by atoms with van der Waals surface area (Å²) >= 11 is 1.53. The number of hydrogen-bond acceptors (Lipinski definition) is 4. The summed E-state index contributed by atoms with van der Waals surface area (Å²) in [5.74, 6) is 2.14. The highest BCUT2D eigenvalue weighted by Gasteiger charge is 2.08. The van der Waals surface area contributed by atoms with Crippen LogP contribution >= 0.6 is 11.3 Å². The molecule has 0 radical (unpaired) electrons. The smallest absolute Gasteiger partial charge is 0.195 e. The highest BCUT2D eigenvalue weighted by Crippen LogP contribution is 2.21. The first-order valence-electron chi connectivity index (χ1n) is 10.3. The molecule has 31 heavy (non-hydrogen) atoms. The van der Waals surface area contributed by atoms with Gasteiger partial charge in [-0.05, 0) is 66.1 Å². The second-order valence-corrected chi connectivity index (χ2v) is 8.38. The van der Waals surface area contributed by atoms with Crippen LogP contribution in [0.1, 0.15) is 44.1 Å². The van der Waals surface area contributed by atoms with Crippen molar-refractivity contribution in [1.82, 2.24) is 0 Å². The predicted molar refractivity (Wildman–Crippen MR) is 126 cm³/mol. The Labute approximate surface area is 186 Å². The minimum Gasteiger partial charge on any atom is -0.486 e. The molecule has 0 saturated carbocycles. The Balaban J connectivity index is 1.31. The van der Waals surface area contributed by atoms with Gasteiger partial charge in [-0.1, -0.05) is 49.4 Å². The van der Waals surface area contributed by atoms with Gasteiger partial charge in [0.15, 0.2) is 5.78 Å². The third kappa shape index (κ3) is 5.83.